The molecule has 2 atom stereocenters. The van der Waals surface area contributed by atoms with E-state index in [1.165, 1.54) is 12.2 Å². The van der Waals surface area contributed by atoms with Crippen molar-refractivity contribution in [1.82, 2.24) is 9.78 Å². The number of thioether (sulfide) groups is 1. The molecule has 0 bridgehead atoms. The lowest BCUT2D eigenvalue weighted by atomic mass is 10.2. The molecule has 2 heterocycles. The van der Waals surface area contributed by atoms with Crippen LogP contribution in [-0.4, -0.2) is 26.8 Å². The van der Waals surface area contributed by atoms with Crippen LogP contribution in [0.3, 0.4) is 0 Å². The average Bonchev–Trinajstić information content (AvgIpc) is 2.62. The molecule has 1 aromatic rings. The Morgan fingerprint density at radius 3 is 3.08 bits per heavy atom. The van der Waals surface area contributed by atoms with Gasteiger partial charge in [0.25, 0.3) is 0 Å². The second-order valence-electron chi connectivity index (χ2n) is 3.60. The molecule has 1 aliphatic heterocycles. The number of rotatable bonds is 2. The summed E-state index contributed by atoms with van der Waals surface area (Å²) in [6.07, 6.45) is 3.22. The van der Waals surface area contributed by atoms with Gasteiger partial charge in [-0.25, -0.2) is 0 Å². The van der Waals surface area contributed by atoms with Crippen molar-refractivity contribution < 1.29 is 0 Å². The first kappa shape index (κ1) is 8.94. The van der Waals surface area contributed by atoms with Crippen molar-refractivity contribution in [2.75, 3.05) is 11.1 Å². The lowest BCUT2D eigenvalue weighted by molar-refractivity contribution is 0.726. The summed E-state index contributed by atoms with van der Waals surface area (Å²) in [6, 6.07) is 2.63. The fraction of sp³-hybridized carbons (Fsp3) is 0.667. The molecule has 0 saturated carbocycles. The van der Waals surface area contributed by atoms with Crippen LogP contribution in [0.4, 0.5) is 5.82 Å². The zero-order valence-corrected chi connectivity index (χ0v) is 8.84. The molecule has 0 radical (unpaired) electrons. The number of hydrogen-bond acceptors (Lipinski definition) is 3. The van der Waals surface area contributed by atoms with E-state index in [1.807, 2.05) is 35.8 Å². The second-order valence-corrected chi connectivity index (χ2v) is 5.07. The molecule has 72 valence electrons. The van der Waals surface area contributed by atoms with Crippen LogP contribution in [0, 0.1) is 0 Å². The highest BCUT2D eigenvalue weighted by atomic mass is 32.2. The molecule has 1 N–H and O–H groups in total. The first-order valence-corrected chi connectivity index (χ1v) is 5.66. The Morgan fingerprint density at radius 2 is 2.54 bits per heavy atom. The van der Waals surface area contributed by atoms with Crippen LogP contribution in [0.5, 0.6) is 0 Å². The molecular formula is C9H15N3S. The van der Waals surface area contributed by atoms with Gasteiger partial charge in [0.2, 0.25) is 0 Å². The average molecular weight is 197 g/mol. The van der Waals surface area contributed by atoms with Gasteiger partial charge >= 0.3 is 0 Å². The van der Waals surface area contributed by atoms with Crippen molar-refractivity contribution in [2.24, 2.45) is 7.05 Å². The molecule has 1 aromatic heterocycles. The van der Waals surface area contributed by atoms with E-state index in [0.717, 1.165) is 11.1 Å². The predicted octanol–water partition coefficient (Wildman–Crippen LogP) is 1.73. The van der Waals surface area contributed by atoms with E-state index in [-0.39, 0.29) is 0 Å². The monoisotopic (exact) mass is 197 g/mol. The third kappa shape index (κ3) is 2.18. The Balaban J connectivity index is 1.91. The Morgan fingerprint density at radius 1 is 1.69 bits per heavy atom. The zero-order valence-electron chi connectivity index (χ0n) is 8.03. The summed E-state index contributed by atoms with van der Waals surface area (Å²) in [6.45, 7) is 2.28. The van der Waals surface area contributed by atoms with E-state index in [0.29, 0.717) is 6.04 Å². The minimum Gasteiger partial charge on any atom is -0.365 e. The third-order valence-corrected chi connectivity index (χ3v) is 3.62. The fourth-order valence-corrected chi connectivity index (χ4v) is 2.77. The van der Waals surface area contributed by atoms with Crippen molar-refractivity contribution in [3.8, 4) is 0 Å². The smallest absolute Gasteiger partial charge is 0.148 e. The molecule has 3 nitrogen and oxygen atoms in total. The molecule has 0 spiro atoms. The number of nitrogens with one attached hydrogen (secondary N) is 1. The van der Waals surface area contributed by atoms with Crippen molar-refractivity contribution in [1.29, 1.82) is 0 Å². The summed E-state index contributed by atoms with van der Waals surface area (Å²) in [5, 5.41) is 8.53. The fourth-order valence-electron chi connectivity index (χ4n) is 1.62. The summed E-state index contributed by atoms with van der Waals surface area (Å²) < 4.78 is 1.83. The summed E-state index contributed by atoms with van der Waals surface area (Å²) in [5.74, 6) is 2.21. The number of anilines is 1. The normalized spacial score (nSPS) is 27.8. The van der Waals surface area contributed by atoms with E-state index in [1.54, 1.807) is 0 Å². The number of aromatic nitrogens is 2. The first-order chi connectivity index (χ1) is 6.24. The zero-order chi connectivity index (χ0) is 9.26. The van der Waals surface area contributed by atoms with Gasteiger partial charge in [-0.05, 0) is 6.42 Å². The van der Waals surface area contributed by atoms with Crippen molar-refractivity contribution in [3.05, 3.63) is 12.3 Å². The highest BCUT2D eigenvalue weighted by molar-refractivity contribution is 8.00. The van der Waals surface area contributed by atoms with Gasteiger partial charge in [-0.2, -0.15) is 16.9 Å². The molecule has 1 aliphatic rings. The molecule has 0 aliphatic carbocycles. The van der Waals surface area contributed by atoms with Gasteiger partial charge in [-0.15, -0.1) is 0 Å². The summed E-state index contributed by atoms with van der Waals surface area (Å²) in [7, 11) is 1.94. The van der Waals surface area contributed by atoms with E-state index in [4.69, 9.17) is 0 Å². The maximum absolute atomic E-state index is 4.30. The van der Waals surface area contributed by atoms with Crippen LogP contribution in [-0.2, 0) is 7.05 Å². The maximum atomic E-state index is 4.30. The molecule has 13 heavy (non-hydrogen) atoms. The third-order valence-electron chi connectivity index (χ3n) is 2.26. The Bertz CT molecular complexity index is 284. The quantitative estimate of drug-likeness (QED) is 0.783. The van der Waals surface area contributed by atoms with Gasteiger partial charge in [0.1, 0.15) is 5.82 Å². The van der Waals surface area contributed by atoms with Crippen LogP contribution >= 0.6 is 11.8 Å². The van der Waals surface area contributed by atoms with E-state index in [9.17, 15) is 0 Å². The molecule has 2 rings (SSSR count). The first-order valence-electron chi connectivity index (χ1n) is 4.62. The highest BCUT2D eigenvalue weighted by Gasteiger charge is 2.21. The molecule has 0 aromatic carbocycles. The molecule has 4 heteroatoms. The lowest BCUT2D eigenvalue weighted by Crippen LogP contribution is -2.19. The Hall–Kier alpha value is -0.640. The minimum atomic E-state index is 0.606. The number of aryl methyl sites for hydroxylation is 1. The van der Waals surface area contributed by atoms with Gasteiger partial charge in [-0.1, -0.05) is 6.92 Å². The summed E-state index contributed by atoms with van der Waals surface area (Å²) in [5.41, 5.74) is 0. The van der Waals surface area contributed by atoms with Crippen LogP contribution in [0.25, 0.3) is 0 Å². The van der Waals surface area contributed by atoms with Gasteiger partial charge < -0.3 is 5.32 Å². The largest absolute Gasteiger partial charge is 0.365 e. The lowest BCUT2D eigenvalue weighted by Gasteiger charge is -2.09. The molecule has 1 fully saturated rings. The van der Waals surface area contributed by atoms with E-state index < -0.39 is 0 Å². The number of hydrogen-bond donors (Lipinski definition) is 1. The van der Waals surface area contributed by atoms with Crippen LogP contribution < -0.4 is 5.32 Å². The molecule has 0 amide bonds. The van der Waals surface area contributed by atoms with Crippen LogP contribution in [0.2, 0.25) is 0 Å². The standard InChI is InChI=1S/C9H15N3S/c1-7-5-8(6-13-7)10-9-3-4-12(2)11-9/h3-4,7-8H,5-6H2,1-2H3,(H,10,11). The van der Waals surface area contributed by atoms with Crippen LogP contribution in [0.15, 0.2) is 12.3 Å². The maximum Gasteiger partial charge on any atom is 0.148 e. The summed E-state index contributed by atoms with van der Waals surface area (Å²) in [4.78, 5) is 0. The van der Waals surface area contributed by atoms with Gasteiger partial charge in [0.05, 0.1) is 0 Å². The van der Waals surface area contributed by atoms with Crippen molar-refractivity contribution in [2.45, 2.75) is 24.6 Å². The highest BCUT2D eigenvalue weighted by Crippen LogP contribution is 2.27. The minimum absolute atomic E-state index is 0.606. The Kier molecular flexibility index (Phi) is 2.49. The number of nitrogens with zero attached hydrogens (tertiary/aromatic N) is 2. The molecule has 2 unspecified atom stereocenters. The van der Waals surface area contributed by atoms with Gasteiger partial charge in [0.15, 0.2) is 0 Å². The summed E-state index contributed by atoms with van der Waals surface area (Å²) >= 11 is 2.03. The van der Waals surface area contributed by atoms with Gasteiger partial charge in [0, 0.05) is 36.4 Å². The Labute approximate surface area is 82.9 Å². The van der Waals surface area contributed by atoms with Crippen molar-refractivity contribution >= 4 is 17.6 Å². The van der Waals surface area contributed by atoms with E-state index >= 15 is 0 Å². The van der Waals surface area contributed by atoms with Crippen LogP contribution in [0.1, 0.15) is 13.3 Å². The molecule has 1 saturated heterocycles. The topological polar surface area (TPSA) is 29.9 Å². The predicted molar refractivity (Wildman–Crippen MR) is 57.2 cm³/mol. The van der Waals surface area contributed by atoms with E-state index in [2.05, 4.69) is 17.3 Å². The van der Waals surface area contributed by atoms with Crippen molar-refractivity contribution in [3.63, 3.8) is 0 Å². The SMILES string of the molecule is CC1CC(Nc2ccn(C)n2)CS1. The second kappa shape index (κ2) is 3.62. The van der Waals surface area contributed by atoms with Gasteiger partial charge in [-0.3, -0.25) is 4.68 Å². The molecular weight excluding hydrogens is 182 g/mol.